The predicted molar refractivity (Wildman–Crippen MR) is 80.3 cm³/mol. The Morgan fingerprint density at radius 3 is 3.00 bits per heavy atom. The van der Waals surface area contributed by atoms with Crippen LogP contribution in [0.15, 0.2) is 42.7 Å². The number of anilines is 1. The number of carbonyl (C=O) groups is 1. The van der Waals surface area contributed by atoms with E-state index in [2.05, 4.69) is 10.3 Å². The summed E-state index contributed by atoms with van der Waals surface area (Å²) in [7, 11) is 0. The van der Waals surface area contributed by atoms with Crippen molar-refractivity contribution in [1.29, 1.82) is 0 Å². The normalized spacial score (nSPS) is 10.6. The third-order valence-corrected chi connectivity index (χ3v) is 3.45. The molecule has 6 heteroatoms. The van der Waals surface area contributed by atoms with Gasteiger partial charge in [-0.3, -0.25) is 9.20 Å². The molecule has 0 atom stereocenters. The Morgan fingerprint density at radius 2 is 2.23 bits per heavy atom. The molecule has 3 rings (SSSR count). The topological polar surface area (TPSA) is 55.6 Å². The van der Waals surface area contributed by atoms with Crippen molar-refractivity contribution in [2.75, 3.05) is 5.32 Å². The molecule has 1 N–H and O–H groups in total. The standard InChI is InChI=1S/C16H14FN3O2/c1-11-8-13(17)3-2-12(11)9-19-14-4-5-15-18-6-7-20(15)16(14)22-10-21/h2-8,10,19H,9H2,1H3. The summed E-state index contributed by atoms with van der Waals surface area (Å²) >= 11 is 0. The van der Waals surface area contributed by atoms with E-state index in [0.717, 1.165) is 11.1 Å². The van der Waals surface area contributed by atoms with Crippen molar-refractivity contribution in [3.8, 4) is 5.88 Å². The first-order chi connectivity index (χ1) is 10.7. The molecule has 22 heavy (non-hydrogen) atoms. The molecule has 2 heterocycles. The van der Waals surface area contributed by atoms with Crippen LogP contribution in [0.25, 0.3) is 5.65 Å². The minimum atomic E-state index is -0.258. The molecular formula is C16H14FN3O2. The van der Waals surface area contributed by atoms with Gasteiger partial charge in [-0.15, -0.1) is 0 Å². The first-order valence-corrected chi connectivity index (χ1v) is 6.74. The van der Waals surface area contributed by atoms with Crippen molar-refractivity contribution in [2.45, 2.75) is 13.5 Å². The average molecular weight is 299 g/mol. The van der Waals surface area contributed by atoms with Crippen LogP contribution in [-0.2, 0) is 11.3 Å². The number of nitrogens with one attached hydrogen (secondary N) is 1. The molecule has 3 aromatic rings. The molecule has 0 aliphatic carbocycles. The van der Waals surface area contributed by atoms with Gasteiger partial charge in [0.05, 0.1) is 5.69 Å². The predicted octanol–water partition coefficient (Wildman–Crippen LogP) is 2.93. The second-order valence-corrected chi connectivity index (χ2v) is 4.85. The Labute approximate surface area is 126 Å². The number of aromatic nitrogens is 2. The van der Waals surface area contributed by atoms with Crippen LogP contribution in [0.5, 0.6) is 5.88 Å². The molecule has 0 saturated carbocycles. The lowest BCUT2D eigenvalue weighted by atomic mass is 10.1. The third-order valence-electron chi connectivity index (χ3n) is 3.45. The molecule has 0 aliphatic rings. The highest BCUT2D eigenvalue weighted by molar-refractivity contribution is 5.63. The molecule has 0 aliphatic heterocycles. The number of fused-ring (bicyclic) bond motifs is 1. The molecule has 0 fully saturated rings. The van der Waals surface area contributed by atoms with Gasteiger partial charge in [0.1, 0.15) is 11.5 Å². The lowest BCUT2D eigenvalue weighted by molar-refractivity contribution is -0.120. The molecule has 0 amide bonds. The largest absolute Gasteiger partial charge is 0.409 e. The van der Waals surface area contributed by atoms with Gasteiger partial charge in [-0.05, 0) is 42.3 Å². The minimum Gasteiger partial charge on any atom is -0.409 e. The maximum Gasteiger partial charge on any atom is 0.299 e. The highest BCUT2D eigenvalue weighted by atomic mass is 19.1. The monoisotopic (exact) mass is 299 g/mol. The lowest BCUT2D eigenvalue weighted by Crippen LogP contribution is -2.06. The number of pyridine rings is 1. The van der Waals surface area contributed by atoms with Gasteiger partial charge in [-0.2, -0.15) is 0 Å². The SMILES string of the molecule is Cc1cc(F)ccc1CNc1ccc2nccn2c1OC=O. The number of hydrogen-bond donors (Lipinski definition) is 1. The van der Waals surface area contributed by atoms with E-state index in [4.69, 9.17) is 4.74 Å². The Balaban J connectivity index is 1.89. The number of aryl methyl sites for hydroxylation is 1. The molecule has 0 spiro atoms. The molecule has 1 aromatic carbocycles. The maximum absolute atomic E-state index is 13.1. The Bertz CT molecular complexity index is 829. The fraction of sp³-hybridized carbons (Fsp3) is 0.125. The molecule has 0 bridgehead atoms. The second-order valence-electron chi connectivity index (χ2n) is 4.85. The van der Waals surface area contributed by atoms with Crippen molar-refractivity contribution in [3.05, 3.63) is 59.7 Å². The van der Waals surface area contributed by atoms with E-state index in [-0.39, 0.29) is 5.82 Å². The lowest BCUT2D eigenvalue weighted by Gasteiger charge is -2.13. The van der Waals surface area contributed by atoms with Crippen molar-refractivity contribution < 1.29 is 13.9 Å². The summed E-state index contributed by atoms with van der Waals surface area (Å²) in [5.74, 6) is 0.107. The van der Waals surface area contributed by atoms with E-state index < -0.39 is 0 Å². The number of imidazole rings is 1. The van der Waals surface area contributed by atoms with Crippen molar-refractivity contribution in [1.82, 2.24) is 9.38 Å². The van der Waals surface area contributed by atoms with Crippen molar-refractivity contribution in [2.24, 2.45) is 0 Å². The summed E-state index contributed by atoms with van der Waals surface area (Å²) in [5.41, 5.74) is 3.15. The first-order valence-electron chi connectivity index (χ1n) is 6.74. The quantitative estimate of drug-likeness (QED) is 0.736. The molecule has 0 unspecified atom stereocenters. The molecule has 112 valence electrons. The fourth-order valence-electron chi connectivity index (χ4n) is 2.32. The van der Waals surface area contributed by atoms with Gasteiger partial charge < -0.3 is 10.1 Å². The Hall–Kier alpha value is -2.89. The zero-order chi connectivity index (χ0) is 15.5. The van der Waals surface area contributed by atoms with Crippen LogP contribution in [0, 0.1) is 12.7 Å². The zero-order valence-electron chi connectivity index (χ0n) is 11.9. The van der Waals surface area contributed by atoms with Crippen LogP contribution in [0.3, 0.4) is 0 Å². The Kier molecular flexibility index (Phi) is 3.74. The Morgan fingerprint density at radius 1 is 1.36 bits per heavy atom. The van der Waals surface area contributed by atoms with Gasteiger partial charge in [-0.1, -0.05) is 6.07 Å². The van der Waals surface area contributed by atoms with Crippen LogP contribution in [0.1, 0.15) is 11.1 Å². The zero-order valence-corrected chi connectivity index (χ0v) is 11.9. The van der Waals surface area contributed by atoms with Crippen LogP contribution in [0.4, 0.5) is 10.1 Å². The number of ether oxygens (including phenoxy) is 1. The summed E-state index contributed by atoms with van der Waals surface area (Å²) in [6.07, 6.45) is 3.34. The summed E-state index contributed by atoms with van der Waals surface area (Å²) in [5, 5.41) is 3.20. The number of nitrogens with zero attached hydrogens (tertiary/aromatic N) is 2. The summed E-state index contributed by atoms with van der Waals surface area (Å²) < 4.78 is 19.9. The summed E-state index contributed by atoms with van der Waals surface area (Å²) in [6.45, 7) is 2.71. The number of hydrogen-bond acceptors (Lipinski definition) is 4. The first kappa shape index (κ1) is 14.1. The number of halogens is 1. The molecule has 0 saturated heterocycles. The van der Waals surface area contributed by atoms with Crippen LogP contribution >= 0.6 is 0 Å². The molecule has 2 aromatic heterocycles. The van der Waals surface area contributed by atoms with Crippen LogP contribution < -0.4 is 10.1 Å². The highest BCUT2D eigenvalue weighted by Gasteiger charge is 2.10. The molecular weight excluding hydrogens is 285 g/mol. The molecule has 0 radical (unpaired) electrons. The second kappa shape index (κ2) is 5.85. The van der Waals surface area contributed by atoms with Crippen LogP contribution in [0.2, 0.25) is 0 Å². The highest BCUT2D eigenvalue weighted by Crippen LogP contribution is 2.26. The van der Waals surface area contributed by atoms with Crippen molar-refractivity contribution in [3.63, 3.8) is 0 Å². The number of rotatable bonds is 5. The number of benzene rings is 1. The average Bonchev–Trinajstić information content (AvgIpc) is 2.97. The summed E-state index contributed by atoms with van der Waals surface area (Å²) in [6, 6.07) is 8.25. The van der Waals surface area contributed by atoms with E-state index in [9.17, 15) is 9.18 Å². The smallest absolute Gasteiger partial charge is 0.299 e. The fourth-order valence-corrected chi connectivity index (χ4v) is 2.32. The van der Waals surface area contributed by atoms with Gasteiger partial charge in [0.25, 0.3) is 6.47 Å². The van der Waals surface area contributed by atoms with Crippen molar-refractivity contribution >= 4 is 17.8 Å². The van der Waals surface area contributed by atoms with E-state index in [1.807, 2.05) is 13.0 Å². The van der Waals surface area contributed by atoms with Crippen LogP contribution in [-0.4, -0.2) is 15.9 Å². The van der Waals surface area contributed by atoms with E-state index >= 15 is 0 Å². The van der Waals surface area contributed by atoms with Gasteiger partial charge >= 0.3 is 0 Å². The van der Waals surface area contributed by atoms with E-state index in [0.29, 0.717) is 30.2 Å². The maximum atomic E-state index is 13.1. The summed E-state index contributed by atoms with van der Waals surface area (Å²) in [4.78, 5) is 14.9. The van der Waals surface area contributed by atoms with Gasteiger partial charge in [0.15, 0.2) is 0 Å². The minimum absolute atomic E-state index is 0.258. The van der Waals surface area contributed by atoms with E-state index in [1.165, 1.54) is 12.1 Å². The van der Waals surface area contributed by atoms with Gasteiger partial charge in [0.2, 0.25) is 5.88 Å². The van der Waals surface area contributed by atoms with E-state index in [1.54, 1.807) is 28.9 Å². The number of carbonyl (C=O) groups excluding carboxylic acids is 1. The molecule has 5 nitrogen and oxygen atoms in total. The third kappa shape index (κ3) is 2.63. The van der Waals surface area contributed by atoms with Gasteiger partial charge in [-0.25, -0.2) is 9.37 Å². The van der Waals surface area contributed by atoms with Gasteiger partial charge in [0, 0.05) is 18.9 Å².